The molecule has 194 valence electrons. The molecule has 0 unspecified atom stereocenters. The van der Waals surface area contributed by atoms with Crippen LogP contribution >= 0.6 is 7.26 Å². The molecular weight excluding hydrogens is 487 g/mol. The van der Waals surface area contributed by atoms with Crippen LogP contribution in [0, 0.1) is 0 Å². The van der Waals surface area contributed by atoms with E-state index in [9.17, 15) is 0 Å². The van der Waals surface area contributed by atoms with Crippen molar-refractivity contribution < 1.29 is 0 Å². The highest BCUT2D eigenvalue weighted by atomic mass is 31.2. The molecular formula is C38H38P+. The molecule has 0 heterocycles. The highest BCUT2D eigenvalue weighted by molar-refractivity contribution is 7.96. The second kappa shape index (κ2) is 11.7. The fourth-order valence-corrected chi connectivity index (χ4v) is 11.6. The SMILES string of the molecule is CCCCCCCC[P+](c1cccc2ccccc12)(c1cccc2ccccc12)c1cccc2ccccc12. The first-order valence-electron chi connectivity index (χ1n) is 14.7. The van der Waals surface area contributed by atoms with E-state index in [2.05, 4.69) is 134 Å². The topological polar surface area (TPSA) is 0 Å². The average Bonchev–Trinajstić information content (AvgIpc) is 3.00. The van der Waals surface area contributed by atoms with Crippen molar-refractivity contribution >= 4 is 55.5 Å². The molecule has 6 rings (SSSR count). The Labute approximate surface area is 234 Å². The molecule has 0 amide bonds. The van der Waals surface area contributed by atoms with Gasteiger partial charge in [-0.15, -0.1) is 0 Å². The van der Waals surface area contributed by atoms with E-state index in [-0.39, 0.29) is 0 Å². The van der Waals surface area contributed by atoms with Gasteiger partial charge in [0.25, 0.3) is 0 Å². The highest BCUT2D eigenvalue weighted by Crippen LogP contribution is 2.59. The van der Waals surface area contributed by atoms with Crippen molar-refractivity contribution in [2.75, 3.05) is 6.16 Å². The van der Waals surface area contributed by atoms with E-state index in [0.717, 1.165) is 0 Å². The lowest BCUT2D eigenvalue weighted by atomic mass is 10.1. The van der Waals surface area contributed by atoms with Gasteiger partial charge in [0.15, 0.2) is 0 Å². The van der Waals surface area contributed by atoms with Crippen LogP contribution < -0.4 is 15.9 Å². The third-order valence-corrected chi connectivity index (χ3v) is 13.0. The summed E-state index contributed by atoms with van der Waals surface area (Å²) in [6.07, 6.45) is 9.03. The van der Waals surface area contributed by atoms with Crippen LogP contribution in [0.5, 0.6) is 0 Å². The predicted molar refractivity (Wildman–Crippen MR) is 176 cm³/mol. The fraction of sp³-hybridized carbons (Fsp3) is 0.211. The molecule has 0 radical (unpaired) electrons. The second-order valence-electron chi connectivity index (χ2n) is 10.8. The molecule has 0 aliphatic heterocycles. The van der Waals surface area contributed by atoms with E-state index in [1.807, 2.05) is 0 Å². The average molecular weight is 526 g/mol. The van der Waals surface area contributed by atoms with E-state index in [4.69, 9.17) is 0 Å². The third kappa shape index (κ3) is 4.88. The molecule has 6 aromatic carbocycles. The Morgan fingerprint density at radius 2 is 0.744 bits per heavy atom. The van der Waals surface area contributed by atoms with Gasteiger partial charge < -0.3 is 0 Å². The Morgan fingerprint density at radius 1 is 0.385 bits per heavy atom. The van der Waals surface area contributed by atoms with Crippen LogP contribution in [-0.2, 0) is 0 Å². The normalized spacial score (nSPS) is 11.9. The maximum absolute atomic E-state index is 2.46. The molecule has 39 heavy (non-hydrogen) atoms. The van der Waals surface area contributed by atoms with E-state index in [0.29, 0.717) is 0 Å². The molecule has 1 heteroatoms. The molecule has 0 aliphatic carbocycles. The summed E-state index contributed by atoms with van der Waals surface area (Å²) in [5.74, 6) is 0. The van der Waals surface area contributed by atoms with Crippen LogP contribution in [0.3, 0.4) is 0 Å². The summed E-state index contributed by atoms with van der Waals surface area (Å²) in [5, 5.41) is 12.8. The van der Waals surface area contributed by atoms with Crippen molar-refractivity contribution in [1.29, 1.82) is 0 Å². The monoisotopic (exact) mass is 525 g/mol. The van der Waals surface area contributed by atoms with E-state index >= 15 is 0 Å². The van der Waals surface area contributed by atoms with E-state index < -0.39 is 7.26 Å². The van der Waals surface area contributed by atoms with Crippen molar-refractivity contribution in [3.8, 4) is 0 Å². The molecule has 0 bridgehead atoms. The van der Waals surface area contributed by atoms with E-state index in [1.165, 1.54) is 92.9 Å². The van der Waals surface area contributed by atoms with Gasteiger partial charge in [-0.05, 0) is 47.2 Å². The third-order valence-electron chi connectivity index (χ3n) is 8.38. The Morgan fingerprint density at radius 3 is 1.18 bits per heavy atom. The minimum Gasteiger partial charge on any atom is -0.0654 e. The Bertz CT molecular complexity index is 1510. The van der Waals surface area contributed by atoms with Crippen molar-refractivity contribution in [2.45, 2.75) is 45.4 Å². The molecule has 0 saturated carbocycles. The van der Waals surface area contributed by atoms with Crippen molar-refractivity contribution in [3.63, 3.8) is 0 Å². The van der Waals surface area contributed by atoms with Gasteiger partial charge in [-0.3, -0.25) is 0 Å². The van der Waals surface area contributed by atoms with Crippen LogP contribution in [0.2, 0.25) is 0 Å². The highest BCUT2D eigenvalue weighted by Gasteiger charge is 2.47. The molecule has 0 saturated heterocycles. The number of rotatable bonds is 10. The maximum atomic E-state index is 2.46. The quantitative estimate of drug-likeness (QED) is 0.123. The number of hydrogen-bond donors (Lipinski definition) is 0. The first-order chi connectivity index (χ1) is 19.3. The smallest absolute Gasteiger partial charge is 0.0654 e. The van der Waals surface area contributed by atoms with Gasteiger partial charge in [-0.25, -0.2) is 0 Å². The van der Waals surface area contributed by atoms with E-state index in [1.54, 1.807) is 0 Å². The Balaban J connectivity index is 1.68. The van der Waals surface area contributed by atoms with Crippen LogP contribution in [0.15, 0.2) is 127 Å². The first kappa shape index (κ1) is 25.8. The van der Waals surface area contributed by atoms with Gasteiger partial charge in [-0.1, -0.05) is 142 Å². The molecule has 0 fully saturated rings. The lowest BCUT2D eigenvalue weighted by Crippen LogP contribution is -2.35. The largest absolute Gasteiger partial charge is 0.114 e. The molecule has 0 N–H and O–H groups in total. The zero-order chi connectivity index (χ0) is 26.5. The number of fused-ring (bicyclic) bond motifs is 3. The lowest BCUT2D eigenvalue weighted by Gasteiger charge is -2.31. The van der Waals surface area contributed by atoms with Gasteiger partial charge in [0.05, 0.1) is 6.16 Å². The number of benzene rings is 6. The molecule has 0 aromatic heterocycles. The van der Waals surface area contributed by atoms with Gasteiger partial charge in [0, 0.05) is 16.2 Å². The molecule has 0 atom stereocenters. The van der Waals surface area contributed by atoms with Crippen LogP contribution in [0.4, 0.5) is 0 Å². The maximum Gasteiger partial charge on any atom is 0.114 e. The lowest BCUT2D eigenvalue weighted by molar-refractivity contribution is 0.626. The molecule has 0 aliphatic rings. The van der Waals surface area contributed by atoms with Gasteiger partial charge in [0.2, 0.25) is 0 Å². The summed E-state index contributed by atoms with van der Waals surface area (Å²) < 4.78 is 0. The number of hydrogen-bond acceptors (Lipinski definition) is 0. The first-order valence-corrected chi connectivity index (χ1v) is 16.6. The summed E-state index contributed by atoms with van der Waals surface area (Å²) in [4.78, 5) is 0. The number of unbranched alkanes of at least 4 members (excludes halogenated alkanes) is 5. The zero-order valence-corrected chi connectivity index (χ0v) is 23.9. The fourth-order valence-electron chi connectivity index (χ4n) is 6.50. The molecule has 0 nitrogen and oxygen atoms in total. The standard InChI is InChI=1S/C38H38P/c1-2-3-4-5-6-13-29-39(36-26-14-20-30-17-7-10-23-33(30)36,37-27-15-21-31-18-8-11-24-34(31)37)38-28-16-22-32-19-9-12-25-35(32)38/h7-12,14-28H,2-6,13,29H2,1H3/q+1. The van der Waals surface area contributed by atoms with Crippen LogP contribution in [-0.4, -0.2) is 6.16 Å². The van der Waals surface area contributed by atoms with Crippen molar-refractivity contribution in [2.24, 2.45) is 0 Å². The minimum absolute atomic E-state index is 1.19. The summed E-state index contributed by atoms with van der Waals surface area (Å²) in [6, 6.07) is 48.2. The summed E-state index contributed by atoms with van der Waals surface area (Å²) in [7, 11) is -2.05. The zero-order valence-electron chi connectivity index (χ0n) is 23.0. The predicted octanol–water partition coefficient (Wildman–Crippen LogP) is 9.80. The molecule has 0 spiro atoms. The van der Waals surface area contributed by atoms with Crippen molar-refractivity contribution in [1.82, 2.24) is 0 Å². The minimum atomic E-state index is -2.05. The summed E-state index contributed by atoms with van der Waals surface area (Å²) in [5.41, 5.74) is 0. The Hall–Kier alpha value is -3.47. The second-order valence-corrected chi connectivity index (χ2v) is 14.3. The van der Waals surface area contributed by atoms with Gasteiger partial charge in [0.1, 0.15) is 23.2 Å². The molecule has 6 aromatic rings. The van der Waals surface area contributed by atoms with Crippen molar-refractivity contribution in [3.05, 3.63) is 127 Å². The summed E-state index contributed by atoms with van der Waals surface area (Å²) >= 11 is 0. The Kier molecular flexibility index (Phi) is 7.76. The van der Waals surface area contributed by atoms with Gasteiger partial charge >= 0.3 is 0 Å². The van der Waals surface area contributed by atoms with Gasteiger partial charge in [-0.2, -0.15) is 0 Å². The summed E-state index contributed by atoms with van der Waals surface area (Å²) in [6.45, 7) is 2.30. The van der Waals surface area contributed by atoms with Crippen LogP contribution in [0.25, 0.3) is 32.3 Å². The van der Waals surface area contributed by atoms with Crippen LogP contribution in [0.1, 0.15) is 45.4 Å².